The van der Waals surface area contributed by atoms with Crippen LogP contribution in [-0.2, 0) is 7.05 Å². The van der Waals surface area contributed by atoms with Gasteiger partial charge in [0.2, 0.25) is 0 Å². The Balaban J connectivity index is 2.36. The smallest absolute Gasteiger partial charge is 0.190 e. The maximum Gasteiger partial charge on any atom is 0.190 e. The minimum absolute atomic E-state index is 0.299. The fraction of sp³-hybridized carbons (Fsp3) is 0.100. The molecule has 0 bridgehead atoms. The predicted octanol–water partition coefficient (Wildman–Crippen LogP) is 1.98. The van der Waals surface area contributed by atoms with E-state index in [0.29, 0.717) is 15.6 Å². The zero-order valence-electron chi connectivity index (χ0n) is 8.38. The standard InChI is InChI=1S/C10H7FN4S/c1-15-10(13-6-14-15)16-9-3-2-8(11)4-7(9)5-12/h2-4,6H,1H3. The largest absolute Gasteiger partial charge is 0.244 e. The molecular weight excluding hydrogens is 227 g/mol. The van der Waals surface area contributed by atoms with Gasteiger partial charge in [-0.15, -0.1) is 0 Å². The summed E-state index contributed by atoms with van der Waals surface area (Å²) in [6.45, 7) is 0. The molecule has 0 atom stereocenters. The van der Waals surface area contributed by atoms with Gasteiger partial charge >= 0.3 is 0 Å². The first kappa shape index (κ1) is 10.6. The molecule has 0 saturated carbocycles. The van der Waals surface area contributed by atoms with Gasteiger partial charge in [-0.05, 0) is 30.0 Å². The molecule has 80 valence electrons. The maximum atomic E-state index is 12.9. The number of nitriles is 1. The van der Waals surface area contributed by atoms with E-state index in [4.69, 9.17) is 5.26 Å². The van der Waals surface area contributed by atoms with Crippen LogP contribution in [0.1, 0.15) is 5.56 Å². The van der Waals surface area contributed by atoms with Crippen LogP contribution in [0, 0.1) is 17.1 Å². The molecule has 0 unspecified atom stereocenters. The molecule has 2 aromatic rings. The lowest BCUT2D eigenvalue weighted by atomic mass is 10.2. The molecule has 0 aliphatic carbocycles. The zero-order valence-corrected chi connectivity index (χ0v) is 9.20. The van der Waals surface area contributed by atoms with E-state index >= 15 is 0 Å². The van der Waals surface area contributed by atoms with Crippen LogP contribution in [0.5, 0.6) is 0 Å². The van der Waals surface area contributed by atoms with Crippen LogP contribution in [0.25, 0.3) is 0 Å². The van der Waals surface area contributed by atoms with Crippen LogP contribution in [0.15, 0.2) is 34.6 Å². The first-order valence-electron chi connectivity index (χ1n) is 4.42. The molecule has 16 heavy (non-hydrogen) atoms. The highest BCUT2D eigenvalue weighted by molar-refractivity contribution is 7.99. The van der Waals surface area contributed by atoms with Gasteiger partial charge in [0.05, 0.1) is 5.56 Å². The lowest BCUT2D eigenvalue weighted by Gasteiger charge is -2.02. The molecule has 2 rings (SSSR count). The number of rotatable bonds is 2. The van der Waals surface area contributed by atoms with E-state index in [-0.39, 0.29) is 0 Å². The summed E-state index contributed by atoms with van der Waals surface area (Å²) in [6, 6.07) is 6.04. The number of benzene rings is 1. The van der Waals surface area contributed by atoms with Crippen molar-refractivity contribution in [3.05, 3.63) is 35.9 Å². The van der Waals surface area contributed by atoms with Crippen LogP contribution in [0.2, 0.25) is 0 Å². The summed E-state index contributed by atoms with van der Waals surface area (Å²) in [4.78, 5) is 4.69. The highest BCUT2D eigenvalue weighted by Crippen LogP contribution is 2.28. The van der Waals surface area contributed by atoms with Gasteiger partial charge in [-0.25, -0.2) is 14.1 Å². The molecule has 0 radical (unpaired) electrons. The van der Waals surface area contributed by atoms with Gasteiger partial charge < -0.3 is 0 Å². The van der Waals surface area contributed by atoms with Crippen molar-refractivity contribution in [1.82, 2.24) is 14.8 Å². The SMILES string of the molecule is Cn1ncnc1Sc1ccc(F)cc1C#N. The summed E-state index contributed by atoms with van der Waals surface area (Å²) in [5.41, 5.74) is 0.299. The molecule has 4 nitrogen and oxygen atoms in total. The van der Waals surface area contributed by atoms with E-state index in [9.17, 15) is 4.39 Å². The molecule has 1 heterocycles. The van der Waals surface area contributed by atoms with Gasteiger partial charge in [0, 0.05) is 11.9 Å². The van der Waals surface area contributed by atoms with Gasteiger partial charge in [-0.1, -0.05) is 0 Å². The number of nitrogens with zero attached hydrogens (tertiary/aromatic N) is 4. The van der Waals surface area contributed by atoms with Crippen molar-refractivity contribution in [1.29, 1.82) is 5.26 Å². The molecule has 0 amide bonds. The van der Waals surface area contributed by atoms with Crippen molar-refractivity contribution >= 4 is 11.8 Å². The zero-order chi connectivity index (χ0) is 11.5. The van der Waals surface area contributed by atoms with Crippen LogP contribution in [0.3, 0.4) is 0 Å². The second-order valence-electron chi connectivity index (χ2n) is 3.02. The Hall–Kier alpha value is -1.87. The molecule has 1 aromatic carbocycles. The molecule has 6 heteroatoms. The Bertz CT molecular complexity index is 558. The normalized spacial score (nSPS) is 10.1. The number of aryl methyl sites for hydroxylation is 1. The molecule has 1 aromatic heterocycles. The topological polar surface area (TPSA) is 54.5 Å². The summed E-state index contributed by atoms with van der Waals surface area (Å²) in [7, 11) is 1.75. The molecule has 0 N–H and O–H groups in total. The van der Waals surface area contributed by atoms with E-state index in [0.717, 1.165) is 0 Å². The van der Waals surface area contributed by atoms with Crippen molar-refractivity contribution in [2.75, 3.05) is 0 Å². The molecule has 0 aliphatic heterocycles. The molecule has 0 spiro atoms. The predicted molar refractivity (Wildman–Crippen MR) is 56.2 cm³/mol. The lowest BCUT2D eigenvalue weighted by Crippen LogP contribution is -1.93. The van der Waals surface area contributed by atoms with E-state index in [2.05, 4.69) is 10.1 Å². The minimum atomic E-state index is -0.418. The summed E-state index contributed by atoms with van der Waals surface area (Å²) in [5.74, 6) is -0.418. The van der Waals surface area contributed by atoms with Crippen molar-refractivity contribution in [2.45, 2.75) is 10.1 Å². The quantitative estimate of drug-likeness (QED) is 0.797. The Labute approximate surface area is 95.7 Å². The van der Waals surface area contributed by atoms with Gasteiger partial charge in [0.25, 0.3) is 0 Å². The minimum Gasteiger partial charge on any atom is -0.244 e. The fourth-order valence-corrected chi connectivity index (χ4v) is 1.98. The maximum absolute atomic E-state index is 12.9. The number of aromatic nitrogens is 3. The van der Waals surface area contributed by atoms with Crippen LogP contribution >= 0.6 is 11.8 Å². The number of hydrogen-bond acceptors (Lipinski definition) is 4. The third kappa shape index (κ3) is 2.04. The van der Waals surface area contributed by atoms with Crippen molar-refractivity contribution in [3.8, 4) is 6.07 Å². The number of halogens is 1. The summed E-state index contributed by atoms with van der Waals surface area (Å²) in [5, 5.41) is 13.4. The van der Waals surface area contributed by atoms with Gasteiger partial charge in [0.15, 0.2) is 5.16 Å². The van der Waals surface area contributed by atoms with Crippen molar-refractivity contribution in [2.24, 2.45) is 7.05 Å². The molecule has 0 aliphatic rings. The van der Waals surface area contributed by atoms with E-state index in [1.54, 1.807) is 17.8 Å². The number of hydrogen-bond donors (Lipinski definition) is 0. The van der Waals surface area contributed by atoms with Gasteiger partial charge in [-0.3, -0.25) is 0 Å². The van der Waals surface area contributed by atoms with Crippen LogP contribution in [-0.4, -0.2) is 14.8 Å². The highest BCUT2D eigenvalue weighted by atomic mass is 32.2. The van der Waals surface area contributed by atoms with Crippen LogP contribution < -0.4 is 0 Å². The van der Waals surface area contributed by atoms with Gasteiger partial charge in [-0.2, -0.15) is 10.4 Å². The summed E-state index contributed by atoms with van der Waals surface area (Å²) >= 11 is 1.28. The Morgan fingerprint density at radius 2 is 2.31 bits per heavy atom. The average Bonchev–Trinajstić information content (AvgIpc) is 2.67. The highest BCUT2D eigenvalue weighted by Gasteiger charge is 2.08. The Morgan fingerprint density at radius 3 is 2.94 bits per heavy atom. The third-order valence-corrected chi connectivity index (χ3v) is 3.06. The van der Waals surface area contributed by atoms with Crippen molar-refractivity contribution < 1.29 is 4.39 Å². The second-order valence-corrected chi connectivity index (χ2v) is 4.03. The molecule has 0 fully saturated rings. The van der Waals surface area contributed by atoms with Gasteiger partial charge in [0.1, 0.15) is 18.2 Å². The van der Waals surface area contributed by atoms with Crippen LogP contribution in [0.4, 0.5) is 4.39 Å². The first-order chi connectivity index (χ1) is 7.70. The fourth-order valence-electron chi connectivity index (χ4n) is 1.15. The van der Waals surface area contributed by atoms with Crippen molar-refractivity contribution in [3.63, 3.8) is 0 Å². The Morgan fingerprint density at radius 1 is 1.50 bits per heavy atom. The third-order valence-electron chi connectivity index (χ3n) is 1.93. The second kappa shape index (κ2) is 4.33. The summed E-state index contributed by atoms with van der Waals surface area (Å²) < 4.78 is 14.5. The summed E-state index contributed by atoms with van der Waals surface area (Å²) in [6.07, 6.45) is 1.43. The molecular formula is C10H7FN4S. The first-order valence-corrected chi connectivity index (χ1v) is 5.24. The van der Waals surface area contributed by atoms with E-state index in [1.807, 2.05) is 6.07 Å². The Kier molecular flexibility index (Phi) is 2.88. The van der Waals surface area contributed by atoms with E-state index < -0.39 is 5.82 Å². The average molecular weight is 234 g/mol. The molecule has 0 saturated heterocycles. The monoisotopic (exact) mass is 234 g/mol. The lowest BCUT2D eigenvalue weighted by molar-refractivity contribution is 0.626. The van der Waals surface area contributed by atoms with E-state index in [1.165, 1.54) is 30.2 Å².